The average molecular weight is 633 g/mol. The van der Waals surface area contributed by atoms with Gasteiger partial charge in [0.25, 0.3) is 0 Å². The van der Waals surface area contributed by atoms with Gasteiger partial charge in [0, 0.05) is 13.1 Å². The molecular formula is C26H20Cl2F6N6O2. The van der Waals surface area contributed by atoms with E-state index >= 15 is 0 Å². The summed E-state index contributed by atoms with van der Waals surface area (Å²) in [6, 6.07) is 19.4. The van der Waals surface area contributed by atoms with Crippen LogP contribution < -0.4 is 16.4 Å². The van der Waals surface area contributed by atoms with Gasteiger partial charge in [-0.2, -0.15) is 26.3 Å². The number of hydrogen-bond donors (Lipinski definition) is 3. The largest absolute Gasteiger partial charge is 0.433 e. The van der Waals surface area contributed by atoms with Crippen LogP contribution in [-0.2, 0) is 25.4 Å². The van der Waals surface area contributed by atoms with Crippen LogP contribution in [0.25, 0.3) is 0 Å². The smallest absolute Gasteiger partial charge is 0.395 e. The zero-order valence-corrected chi connectivity index (χ0v) is 22.6. The minimum absolute atomic E-state index is 0.00408. The van der Waals surface area contributed by atoms with E-state index in [0.29, 0.717) is 12.6 Å². The summed E-state index contributed by atoms with van der Waals surface area (Å²) in [5.41, 5.74) is 4.01. The molecule has 0 radical (unpaired) electrons. The van der Waals surface area contributed by atoms with Gasteiger partial charge in [-0.05, 0) is 23.3 Å². The summed E-state index contributed by atoms with van der Waals surface area (Å²) in [6.07, 6.45) is -9.32. The van der Waals surface area contributed by atoms with Gasteiger partial charge in [0.2, 0.25) is 5.15 Å². The van der Waals surface area contributed by atoms with Gasteiger partial charge >= 0.3 is 18.0 Å². The highest BCUT2D eigenvalue weighted by molar-refractivity contribution is 6.32. The number of pyridine rings is 2. The third-order valence-corrected chi connectivity index (χ3v) is 5.93. The summed E-state index contributed by atoms with van der Waals surface area (Å²) in [4.78, 5) is 16.4. The van der Waals surface area contributed by atoms with Crippen LogP contribution in [0.1, 0.15) is 22.5 Å². The number of halogens is 8. The van der Waals surface area contributed by atoms with Gasteiger partial charge in [-0.25, -0.2) is 9.97 Å². The molecule has 0 amide bonds. The van der Waals surface area contributed by atoms with Crippen LogP contribution in [0.5, 0.6) is 0 Å². The first-order valence-corrected chi connectivity index (χ1v) is 12.4. The van der Waals surface area contributed by atoms with Crippen LogP contribution in [0.4, 0.5) is 49.1 Å². The monoisotopic (exact) mass is 632 g/mol. The number of aromatic nitrogens is 2. The summed E-state index contributed by atoms with van der Waals surface area (Å²) >= 11 is 11.2. The van der Waals surface area contributed by atoms with Crippen LogP contribution in [0.2, 0.25) is 10.3 Å². The van der Waals surface area contributed by atoms with Crippen molar-refractivity contribution in [3.63, 3.8) is 0 Å². The Morgan fingerprint density at radius 1 is 0.738 bits per heavy atom. The number of nitrogens with one attached hydrogen (secondary N) is 2. The van der Waals surface area contributed by atoms with Gasteiger partial charge in [-0.15, -0.1) is 0 Å². The predicted octanol–water partition coefficient (Wildman–Crippen LogP) is 8.22. The van der Waals surface area contributed by atoms with E-state index < -0.39 is 39.5 Å². The number of nitrogens with two attached hydrogens (primary N) is 1. The van der Waals surface area contributed by atoms with Crippen molar-refractivity contribution in [2.75, 3.05) is 16.4 Å². The number of rotatable bonds is 7. The third-order valence-electron chi connectivity index (χ3n) is 5.38. The van der Waals surface area contributed by atoms with Crippen molar-refractivity contribution in [1.29, 1.82) is 0 Å². The number of alkyl halides is 6. The van der Waals surface area contributed by atoms with Gasteiger partial charge in [0.05, 0.1) is 16.3 Å². The number of nitrogens with zero attached hydrogens (tertiary/aromatic N) is 3. The standard InChI is InChI=1S/C13H9ClF3N3O2.C13H11ClF3N3/c14-12-11(20(21)22)9(6-10(19-12)13(15,16)17)18-7-8-4-2-1-3-5-8;14-12-11(18)9(6-10(20-12)13(15,16)17)19-7-8-4-2-1-3-5-8/h1-6H,7H2,(H,18,19);1-6H,7,18H2,(H,19,20). The molecule has 0 unspecified atom stereocenters. The van der Waals surface area contributed by atoms with Crippen LogP contribution in [-0.4, -0.2) is 14.9 Å². The molecule has 0 saturated carbocycles. The van der Waals surface area contributed by atoms with E-state index in [1.54, 1.807) is 30.3 Å². The summed E-state index contributed by atoms with van der Waals surface area (Å²) in [5.74, 6) is 0. The Hall–Kier alpha value is -4.30. The molecule has 4 rings (SSSR count). The van der Waals surface area contributed by atoms with Crippen molar-refractivity contribution in [2.24, 2.45) is 0 Å². The molecule has 0 aliphatic heterocycles. The number of anilines is 3. The molecule has 2 aromatic carbocycles. The summed E-state index contributed by atoms with van der Waals surface area (Å²) < 4.78 is 76.1. The van der Waals surface area contributed by atoms with Crippen LogP contribution in [0.3, 0.4) is 0 Å². The van der Waals surface area contributed by atoms with Crippen molar-refractivity contribution in [3.8, 4) is 0 Å². The van der Waals surface area contributed by atoms with Crippen LogP contribution >= 0.6 is 23.2 Å². The van der Waals surface area contributed by atoms with Crippen molar-refractivity contribution >= 4 is 46.0 Å². The minimum atomic E-state index is -4.75. The fourth-order valence-corrected chi connectivity index (χ4v) is 3.82. The van der Waals surface area contributed by atoms with Gasteiger partial charge in [0.15, 0.2) is 5.15 Å². The highest BCUT2D eigenvalue weighted by Crippen LogP contribution is 2.38. The Morgan fingerprint density at radius 2 is 1.14 bits per heavy atom. The topological polar surface area (TPSA) is 119 Å². The van der Waals surface area contributed by atoms with E-state index in [9.17, 15) is 36.5 Å². The van der Waals surface area contributed by atoms with Crippen molar-refractivity contribution in [1.82, 2.24) is 9.97 Å². The Balaban J connectivity index is 0.000000231. The lowest BCUT2D eigenvalue weighted by Gasteiger charge is -2.13. The lowest BCUT2D eigenvalue weighted by Crippen LogP contribution is -2.11. The first-order valence-electron chi connectivity index (χ1n) is 11.7. The molecule has 2 aromatic heterocycles. The molecule has 16 heteroatoms. The minimum Gasteiger partial charge on any atom is -0.395 e. The second kappa shape index (κ2) is 13.6. The summed E-state index contributed by atoms with van der Waals surface area (Å²) in [5, 5.41) is 15.2. The fraction of sp³-hybridized carbons (Fsp3) is 0.154. The van der Waals surface area contributed by atoms with Gasteiger partial charge in [-0.3, -0.25) is 10.1 Å². The van der Waals surface area contributed by atoms with E-state index in [4.69, 9.17) is 28.9 Å². The Bertz CT molecular complexity index is 1520. The Morgan fingerprint density at radius 3 is 1.57 bits per heavy atom. The molecule has 0 saturated heterocycles. The maximum atomic E-state index is 12.7. The lowest BCUT2D eigenvalue weighted by atomic mass is 10.2. The van der Waals surface area contributed by atoms with E-state index in [1.807, 2.05) is 30.3 Å². The molecular weight excluding hydrogens is 613 g/mol. The SMILES string of the molecule is Nc1c(NCc2ccccc2)cc(C(F)(F)F)nc1Cl.O=[N+]([O-])c1c(NCc2ccccc2)cc(C(F)(F)F)nc1Cl. The maximum Gasteiger partial charge on any atom is 0.433 e. The fourth-order valence-electron chi connectivity index (χ4n) is 3.36. The van der Waals surface area contributed by atoms with Crippen molar-refractivity contribution in [2.45, 2.75) is 25.4 Å². The lowest BCUT2D eigenvalue weighted by molar-refractivity contribution is -0.384. The zero-order chi connectivity index (χ0) is 31.1. The number of nitrogen functional groups attached to an aromatic ring is 1. The summed E-state index contributed by atoms with van der Waals surface area (Å²) in [6.45, 7) is 0.446. The van der Waals surface area contributed by atoms with Crippen LogP contribution in [0, 0.1) is 10.1 Å². The molecule has 42 heavy (non-hydrogen) atoms. The second-order valence-corrected chi connectivity index (χ2v) is 9.10. The molecule has 0 atom stereocenters. The number of benzene rings is 2. The molecule has 0 aliphatic rings. The molecule has 0 bridgehead atoms. The Kier molecular flexibility index (Phi) is 10.4. The van der Waals surface area contributed by atoms with Crippen LogP contribution in [0.15, 0.2) is 72.8 Å². The normalized spacial score (nSPS) is 11.3. The zero-order valence-electron chi connectivity index (χ0n) is 21.1. The predicted molar refractivity (Wildman–Crippen MR) is 147 cm³/mol. The average Bonchev–Trinajstić information content (AvgIpc) is 2.92. The van der Waals surface area contributed by atoms with E-state index in [-0.39, 0.29) is 28.8 Å². The van der Waals surface area contributed by atoms with E-state index in [0.717, 1.165) is 17.2 Å². The maximum absolute atomic E-state index is 12.7. The number of nitro groups is 1. The Labute approximate surface area is 244 Å². The molecule has 4 N–H and O–H groups in total. The molecule has 0 aliphatic carbocycles. The van der Waals surface area contributed by atoms with Crippen molar-refractivity contribution in [3.05, 3.63) is 116 Å². The molecule has 222 valence electrons. The van der Waals surface area contributed by atoms with E-state index in [1.165, 1.54) is 0 Å². The third kappa shape index (κ3) is 8.85. The molecule has 4 aromatic rings. The van der Waals surface area contributed by atoms with Gasteiger partial charge in [-0.1, -0.05) is 83.9 Å². The molecule has 0 spiro atoms. The highest BCUT2D eigenvalue weighted by Gasteiger charge is 2.36. The highest BCUT2D eigenvalue weighted by atomic mass is 35.5. The first kappa shape index (κ1) is 32.2. The first-order chi connectivity index (χ1) is 19.7. The van der Waals surface area contributed by atoms with Crippen molar-refractivity contribution < 1.29 is 31.3 Å². The quantitative estimate of drug-likeness (QED) is 0.0812. The number of hydrogen-bond acceptors (Lipinski definition) is 7. The summed E-state index contributed by atoms with van der Waals surface area (Å²) in [7, 11) is 0. The molecule has 0 fully saturated rings. The second-order valence-electron chi connectivity index (χ2n) is 8.38. The van der Waals surface area contributed by atoms with E-state index in [2.05, 4.69) is 20.6 Å². The van der Waals surface area contributed by atoms with Gasteiger partial charge in [0.1, 0.15) is 17.1 Å². The molecule has 8 nitrogen and oxygen atoms in total. The molecule has 2 heterocycles. The van der Waals surface area contributed by atoms with Gasteiger partial charge < -0.3 is 16.4 Å².